The van der Waals surface area contributed by atoms with E-state index in [9.17, 15) is 10.4 Å². The van der Waals surface area contributed by atoms with Crippen LogP contribution >= 0.6 is 11.3 Å². The lowest BCUT2D eigenvalue weighted by atomic mass is 9.72. The van der Waals surface area contributed by atoms with Crippen LogP contribution in [-0.2, 0) is 0 Å². The van der Waals surface area contributed by atoms with Crippen LogP contribution in [0.1, 0.15) is 61.5 Å². The van der Waals surface area contributed by atoms with Gasteiger partial charge >= 0.3 is 0 Å². The van der Waals surface area contributed by atoms with Gasteiger partial charge in [0, 0.05) is 4.88 Å². The van der Waals surface area contributed by atoms with Crippen molar-refractivity contribution in [1.29, 1.82) is 5.26 Å². The molecule has 0 amide bonds. The van der Waals surface area contributed by atoms with Crippen LogP contribution in [0.3, 0.4) is 0 Å². The average molecular weight is 263 g/mol. The summed E-state index contributed by atoms with van der Waals surface area (Å²) in [7, 11) is 0. The lowest BCUT2D eigenvalue weighted by molar-refractivity contribution is 0.0458. The van der Waals surface area contributed by atoms with Crippen LogP contribution in [0.25, 0.3) is 0 Å². The number of hydrogen-bond donors (Lipinski definition) is 1. The Labute approximate surface area is 113 Å². The zero-order valence-electron chi connectivity index (χ0n) is 11.0. The van der Waals surface area contributed by atoms with E-state index in [2.05, 4.69) is 6.07 Å². The summed E-state index contributed by atoms with van der Waals surface area (Å²) < 4.78 is 0. The van der Waals surface area contributed by atoms with Crippen molar-refractivity contribution in [3.8, 4) is 6.07 Å². The molecule has 1 aliphatic carbocycles. The average Bonchev–Trinajstić information content (AvgIpc) is 2.75. The SMILES string of the molecule is Cc1ccsc1C(O)C1(C#N)CCCCCCC1. The minimum absolute atomic E-state index is 0.559. The number of rotatable bonds is 2. The molecule has 2 nitrogen and oxygen atoms in total. The maximum atomic E-state index is 10.7. The fraction of sp³-hybridized carbons (Fsp3) is 0.667. The van der Waals surface area contributed by atoms with Crippen molar-refractivity contribution in [2.75, 3.05) is 0 Å². The molecule has 1 saturated carbocycles. The molecule has 1 N–H and O–H groups in total. The molecule has 1 aromatic heterocycles. The molecule has 98 valence electrons. The molecule has 18 heavy (non-hydrogen) atoms. The van der Waals surface area contributed by atoms with E-state index in [1.807, 2.05) is 18.4 Å². The Kier molecular flexibility index (Phi) is 4.42. The molecule has 0 radical (unpaired) electrons. The summed E-state index contributed by atoms with van der Waals surface area (Å²) in [5, 5.41) is 22.3. The molecule has 1 fully saturated rings. The van der Waals surface area contributed by atoms with E-state index in [1.165, 1.54) is 19.3 Å². The van der Waals surface area contributed by atoms with Gasteiger partial charge in [-0.2, -0.15) is 5.26 Å². The lowest BCUT2D eigenvalue weighted by Crippen LogP contribution is -2.28. The second-order valence-electron chi connectivity index (χ2n) is 5.41. The Morgan fingerprint density at radius 1 is 1.28 bits per heavy atom. The van der Waals surface area contributed by atoms with E-state index in [1.54, 1.807) is 11.3 Å². The Hall–Kier alpha value is -0.850. The molecule has 0 spiro atoms. The van der Waals surface area contributed by atoms with Crippen LogP contribution in [0.5, 0.6) is 0 Å². The molecule has 1 aliphatic rings. The third-order valence-electron chi connectivity index (χ3n) is 4.14. The van der Waals surface area contributed by atoms with Gasteiger partial charge in [0.1, 0.15) is 6.10 Å². The van der Waals surface area contributed by atoms with Crippen LogP contribution in [-0.4, -0.2) is 5.11 Å². The third kappa shape index (κ3) is 2.60. The maximum Gasteiger partial charge on any atom is 0.107 e. The molecule has 0 aromatic carbocycles. The minimum Gasteiger partial charge on any atom is -0.386 e. The molecule has 2 rings (SSSR count). The monoisotopic (exact) mass is 263 g/mol. The summed E-state index contributed by atoms with van der Waals surface area (Å²) in [6.45, 7) is 2.02. The Bertz CT molecular complexity index is 424. The predicted octanol–water partition coefficient (Wildman–Crippen LogP) is 4.34. The second-order valence-corrected chi connectivity index (χ2v) is 6.35. The van der Waals surface area contributed by atoms with Gasteiger partial charge in [-0.05, 0) is 36.8 Å². The van der Waals surface area contributed by atoms with Gasteiger partial charge < -0.3 is 5.11 Å². The fourth-order valence-electron chi connectivity index (χ4n) is 2.90. The molecular weight excluding hydrogens is 242 g/mol. The van der Waals surface area contributed by atoms with E-state index >= 15 is 0 Å². The van der Waals surface area contributed by atoms with E-state index in [-0.39, 0.29) is 0 Å². The summed E-state index contributed by atoms with van der Waals surface area (Å²) in [6, 6.07) is 4.48. The van der Waals surface area contributed by atoms with Crippen molar-refractivity contribution in [2.45, 2.75) is 58.0 Å². The van der Waals surface area contributed by atoms with Crippen molar-refractivity contribution in [2.24, 2.45) is 5.41 Å². The van der Waals surface area contributed by atoms with E-state index < -0.39 is 11.5 Å². The molecule has 3 heteroatoms. The van der Waals surface area contributed by atoms with Crippen molar-refractivity contribution in [3.63, 3.8) is 0 Å². The van der Waals surface area contributed by atoms with Gasteiger partial charge in [0.05, 0.1) is 11.5 Å². The first kappa shape index (κ1) is 13.6. The number of nitrogens with zero attached hydrogens (tertiary/aromatic N) is 1. The Balaban J connectivity index is 2.25. The molecule has 1 unspecified atom stereocenters. The highest BCUT2D eigenvalue weighted by molar-refractivity contribution is 7.10. The van der Waals surface area contributed by atoms with Crippen LogP contribution in [0, 0.1) is 23.7 Å². The highest BCUT2D eigenvalue weighted by Crippen LogP contribution is 2.45. The first-order valence-electron chi connectivity index (χ1n) is 6.83. The van der Waals surface area contributed by atoms with Crippen molar-refractivity contribution in [3.05, 3.63) is 21.9 Å². The molecule has 0 saturated heterocycles. The minimum atomic E-state index is -0.611. The summed E-state index contributed by atoms with van der Waals surface area (Å²) in [4.78, 5) is 0.983. The van der Waals surface area contributed by atoms with Gasteiger partial charge in [0.2, 0.25) is 0 Å². The van der Waals surface area contributed by atoms with Crippen LogP contribution in [0.2, 0.25) is 0 Å². The van der Waals surface area contributed by atoms with Gasteiger partial charge in [-0.15, -0.1) is 11.3 Å². The number of hydrogen-bond acceptors (Lipinski definition) is 3. The Morgan fingerprint density at radius 2 is 1.89 bits per heavy atom. The first-order valence-corrected chi connectivity index (χ1v) is 7.71. The second kappa shape index (κ2) is 5.86. The zero-order valence-corrected chi connectivity index (χ0v) is 11.8. The maximum absolute atomic E-state index is 10.7. The summed E-state index contributed by atoms with van der Waals surface area (Å²) in [5.41, 5.74) is 0.555. The highest BCUT2D eigenvalue weighted by atomic mass is 32.1. The van der Waals surface area contributed by atoms with Crippen molar-refractivity contribution < 1.29 is 5.11 Å². The number of thiophene rings is 1. The summed E-state index contributed by atoms with van der Waals surface area (Å²) in [6.07, 6.45) is 6.85. The van der Waals surface area contributed by atoms with Gasteiger partial charge in [0.15, 0.2) is 0 Å². The standard InChI is InChI=1S/C15H21NOS/c1-12-7-10-18-13(12)14(17)15(11-16)8-5-3-2-4-6-9-15/h7,10,14,17H,2-6,8-9H2,1H3. The smallest absolute Gasteiger partial charge is 0.107 e. The van der Waals surface area contributed by atoms with E-state index in [4.69, 9.17) is 0 Å². The molecular formula is C15H21NOS. The largest absolute Gasteiger partial charge is 0.386 e. The number of aryl methyl sites for hydroxylation is 1. The summed E-state index contributed by atoms with van der Waals surface area (Å²) in [5.74, 6) is 0. The van der Waals surface area contributed by atoms with Crippen LogP contribution < -0.4 is 0 Å². The fourth-order valence-corrected chi connectivity index (χ4v) is 3.93. The molecule has 0 bridgehead atoms. The topological polar surface area (TPSA) is 44.0 Å². The quantitative estimate of drug-likeness (QED) is 0.862. The van der Waals surface area contributed by atoms with E-state index in [0.717, 1.165) is 36.1 Å². The number of nitriles is 1. The van der Waals surface area contributed by atoms with Crippen molar-refractivity contribution >= 4 is 11.3 Å². The first-order chi connectivity index (χ1) is 8.69. The van der Waals surface area contributed by atoms with Gasteiger partial charge in [-0.1, -0.05) is 32.1 Å². The Morgan fingerprint density at radius 3 is 2.39 bits per heavy atom. The van der Waals surface area contributed by atoms with Crippen LogP contribution in [0.15, 0.2) is 11.4 Å². The summed E-state index contributed by atoms with van der Waals surface area (Å²) >= 11 is 1.58. The van der Waals surface area contributed by atoms with Gasteiger partial charge in [-0.25, -0.2) is 0 Å². The number of aliphatic hydroxyl groups is 1. The normalized spacial score (nSPS) is 21.6. The highest BCUT2D eigenvalue weighted by Gasteiger charge is 2.39. The van der Waals surface area contributed by atoms with E-state index in [0.29, 0.717) is 0 Å². The van der Waals surface area contributed by atoms with Gasteiger partial charge in [0.25, 0.3) is 0 Å². The number of aliphatic hydroxyl groups excluding tert-OH is 1. The molecule has 1 aromatic rings. The van der Waals surface area contributed by atoms with Crippen LogP contribution in [0.4, 0.5) is 0 Å². The predicted molar refractivity (Wildman–Crippen MR) is 74.4 cm³/mol. The van der Waals surface area contributed by atoms with Crippen molar-refractivity contribution in [1.82, 2.24) is 0 Å². The zero-order chi connectivity index (χ0) is 13.0. The van der Waals surface area contributed by atoms with Gasteiger partial charge in [-0.3, -0.25) is 0 Å². The molecule has 1 heterocycles. The molecule has 1 atom stereocenters. The molecule has 0 aliphatic heterocycles. The lowest BCUT2D eigenvalue weighted by Gasteiger charge is -2.33. The third-order valence-corrected chi connectivity index (χ3v) is 5.21.